The Morgan fingerprint density at radius 1 is 1.21 bits per heavy atom. The van der Waals surface area contributed by atoms with Crippen LogP contribution in [-0.4, -0.2) is 4.98 Å². The molecule has 1 atom stereocenters. The highest BCUT2D eigenvalue weighted by molar-refractivity contribution is 6.34. The second-order valence-corrected chi connectivity index (χ2v) is 4.88. The summed E-state index contributed by atoms with van der Waals surface area (Å²) in [6.07, 6.45) is 1.35. The quantitative estimate of drug-likeness (QED) is 0.933. The Bertz CT molecular complexity index is 585. The van der Waals surface area contributed by atoms with Gasteiger partial charge in [-0.2, -0.15) is 0 Å². The monoisotopic (exact) mass is 302 g/mol. The largest absolute Gasteiger partial charge is 0.322 e. The first kappa shape index (κ1) is 14.2. The van der Waals surface area contributed by atoms with Crippen molar-refractivity contribution < 1.29 is 8.78 Å². The molecule has 0 amide bonds. The van der Waals surface area contributed by atoms with Gasteiger partial charge < -0.3 is 5.73 Å². The molecular weight excluding hydrogens is 293 g/mol. The van der Waals surface area contributed by atoms with E-state index in [1.54, 1.807) is 0 Å². The van der Waals surface area contributed by atoms with E-state index in [1.807, 2.05) is 0 Å². The Hall–Kier alpha value is -1.23. The highest BCUT2D eigenvalue weighted by Gasteiger charge is 2.17. The van der Waals surface area contributed by atoms with Crippen LogP contribution in [-0.2, 0) is 6.42 Å². The molecule has 0 fully saturated rings. The molecule has 2 nitrogen and oxygen atoms in total. The molecular formula is C13H10Cl2F2N2. The first-order valence-electron chi connectivity index (χ1n) is 5.48. The van der Waals surface area contributed by atoms with Crippen molar-refractivity contribution in [2.45, 2.75) is 12.5 Å². The van der Waals surface area contributed by atoms with Crippen molar-refractivity contribution in [3.8, 4) is 0 Å². The molecule has 1 aromatic carbocycles. The average Bonchev–Trinajstić information content (AvgIpc) is 2.33. The molecule has 1 aromatic heterocycles. The number of benzene rings is 1. The summed E-state index contributed by atoms with van der Waals surface area (Å²) in [5, 5.41) is 0.648. The van der Waals surface area contributed by atoms with E-state index in [1.165, 1.54) is 30.5 Å². The van der Waals surface area contributed by atoms with Gasteiger partial charge in [0.05, 0.1) is 21.8 Å². The Balaban J connectivity index is 2.28. The van der Waals surface area contributed by atoms with Gasteiger partial charge in [0.1, 0.15) is 11.6 Å². The van der Waals surface area contributed by atoms with Gasteiger partial charge in [0, 0.05) is 11.8 Å². The Morgan fingerprint density at radius 3 is 2.42 bits per heavy atom. The van der Waals surface area contributed by atoms with E-state index in [9.17, 15) is 8.78 Å². The molecule has 2 aromatic rings. The van der Waals surface area contributed by atoms with E-state index in [4.69, 9.17) is 28.9 Å². The van der Waals surface area contributed by atoms with Gasteiger partial charge in [-0.15, -0.1) is 0 Å². The molecule has 19 heavy (non-hydrogen) atoms. The van der Waals surface area contributed by atoms with Gasteiger partial charge >= 0.3 is 0 Å². The highest BCUT2D eigenvalue weighted by Crippen LogP contribution is 2.26. The van der Waals surface area contributed by atoms with Crippen molar-refractivity contribution in [3.05, 3.63) is 63.4 Å². The zero-order valence-corrected chi connectivity index (χ0v) is 11.2. The van der Waals surface area contributed by atoms with Gasteiger partial charge in [-0.25, -0.2) is 8.78 Å². The first-order chi connectivity index (χ1) is 8.99. The van der Waals surface area contributed by atoms with Crippen LogP contribution in [0, 0.1) is 11.6 Å². The second kappa shape index (κ2) is 5.82. The molecule has 1 unspecified atom stereocenters. The number of halogens is 4. The molecule has 0 saturated carbocycles. The van der Waals surface area contributed by atoms with Crippen molar-refractivity contribution in [3.63, 3.8) is 0 Å². The maximum absolute atomic E-state index is 13.5. The predicted molar refractivity (Wildman–Crippen MR) is 71.2 cm³/mol. The summed E-state index contributed by atoms with van der Waals surface area (Å²) in [6, 6.07) is 4.44. The van der Waals surface area contributed by atoms with Crippen molar-refractivity contribution in [1.29, 1.82) is 0 Å². The van der Waals surface area contributed by atoms with E-state index < -0.39 is 17.7 Å². The average molecular weight is 303 g/mol. The van der Waals surface area contributed by atoms with E-state index in [-0.39, 0.29) is 17.0 Å². The summed E-state index contributed by atoms with van der Waals surface area (Å²) in [6.45, 7) is 0. The zero-order chi connectivity index (χ0) is 14.0. The Kier molecular flexibility index (Phi) is 4.34. The minimum Gasteiger partial charge on any atom is -0.322 e. The molecule has 0 aliphatic rings. The van der Waals surface area contributed by atoms with E-state index in [0.717, 1.165) is 0 Å². The standard InChI is InChI=1S/C13H10Cl2F2N2/c14-7-4-9(15)13(19-6-7)12(18)5-8-10(16)2-1-3-11(8)17/h1-4,6,12H,5,18H2. The maximum Gasteiger partial charge on any atom is 0.129 e. The van der Waals surface area contributed by atoms with E-state index in [0.29, 0.717) is 10.7 Å². The number of hydrogen-bond acceptors (Lipinski definition) is 2. The molecule has 2 rings (SSSR count). The van der Waals surface area contributed by atoms with Crippen molar-refractivity contribution in [1.82, 2.24) is 4.98 Å². The Labute approximate surface area is 119 Å². The van der Waals surface area contributed by atoms with Crippen LogP contribution in [0.4, 0.5) is 8.78 Å². The predicted octanol–water partition coefficient (Wildman–Crippen LogP) is 3.91. The first-order valence-corrected chi connectivity index (χ1v) is 6.24. The maximum atomic E-state index is 13.5. The highest BCUT2D eigenvalue weighted by atomic mass is 35.5. The summed E-state index contributed by atoms with van der Waals surface area (Å²) >= 11 is 11.7. The normalized spacial score (nSPS) is 12.5. The summed E-state index contributed by atoms with van der Waals surface area (Å²) in [4.78, 5) is 4.00. The number of hydrogen-bond donors (Lipinski definition) is 1. The molecule has 1 heterocycles. The summed E-state index contributed by atoms with van der Waals surface area (Å²) < 4.78 is 27.0. The van der Waals surface area contributed by atoms with Crippen LogP contribution in [0.25, 0.3) is 0 Å². The summed E-state index contributed by atoms with van der Waals surface area (Å²) in [5.41, 5.74) is 6.17. The lowest BCUT2D eigenvalue weighted by Gasteiger charge is -2.14. The minimum absolute atomic E-state index is 0.0349. The lowest BCUT2D eigenvalue weighted by atomic mass is 10.0. The third kappa shape index (κ3) is 3.21. The molecule has 6 heteroatoms. The fourth-order valence-corrected chi connectivity index (χ4v) is 2.26. The molecule has 0 saturated heterocycles. The SMILES string of the molecule is NC(Cc1c(F)cccc1F)c1ncc(Cl)cc1Cl. The van der Waals surface area contributed by atoms with Gasteiger partial charge in [0.25, 0.3) is 0 Å². The van der Waals surface area contributed by atoms with Crippen molar-refractivity contribution >= 4 is 23.2 Å². The van der Waals surface area contributed by atoms with Crippen molar-refractivity contribution in [2.24, 2.45) is 5.73 Å². The third-order valence-electron chi connectivity index (χ3n) is 2.67. The summed E-state index contributed by atoms with van der Waals surface area (Å²) in [7, 11) is 0. The van der Waals surface area contributed by atoms with Crippen LogP contribution >= 0.6 is 23.2 Å². The van der Waals surface area contributed by atoms with Gasteiger partial charge in [-0.1, -0.05) is 29.3 Å². The molecule has 2 N–H and O–H groups in total. The molecule has 100 valence electrons. The number of nitrogens with two attached hydrogens (primary N) is 1. The topological polar surface area (TPSA) is 38.9 Å². The van der Waals surface area contributed by atoms with Crippen LogP contribution in [0.5, 0.6) is 0 Å². The number of pyridine rings is 1. The number of rotatable bonds is 3. The van der Waals surface area contributed by atoms with Gasteiger partial charge in [0.15, 0.2) is 0 Å². The fraction of sp³-hybridized carbons (Fsp3) is 0.154. The molecule has 0 bridgehead atoms. The van der Waals surface area contributed by atoms with Crippen LogP contribution in [0.3, 0.4) is 0 Å². The van der Waals surface area contributed by atoms with Crippen LogP contribution in [0.1, 0.15) is 17.3 Å². The van der Waals surface area contributed by atoms with E-state index in [2.05, 4.69) is 4.98 Å². The molecule has 0 spiro atoms. The lowest BCUT2D eigenvalue weighted by Crippen LogP contribution is -2.17. The van der Waals surface area contributed by atoms with Crippen LogP contribution in [0.15, 0.2) is 30.5 Å². The molecule has 0 aliphatic heterocycles. The summed E-state index contributed by atoms with van der Waals surface area (Å²) in [5.74, 6) is -1.28. The van der Waals surface area contributed by atoms with Gasteiger partial charge in [-0.3, -0.25) is 4.98 Å². The number of aromatic nitrogens is 1. The van der Waals surface area contributed by atoms with Crippen LogP contribution in [0.2, 0.25) is 10.0 Å². The fourth-order valence-electron chi connectivity index (χ4n) is 1.74. The van der Waals surface area contributed by atoms with Crippen LogP contribution < -0.4 is 5.73 Å². The smallest absolute Gasteiger partial charge is 0.129 e. The molecule has 0 radical (unpaired) electrons. The Morgan fingerprint density at radius 2 is 1.84 bits per heavy atom. The zero-order valence-electron chi connectivity index (χ0n) is 9.71. The van der Waals surface area contributed by atoms with E-state index >= 15 is 0 Å². The second-order valence-electron chi connectivity index (χ2n) is 4.03. The minimum atomic E-state index is -0.712. The lowest BCUT2D eigenvalue weighted by molar-refractivity contribution is 0.537. The number of nitrogens with zero attached hydrogens (tertiary/aromatic N) is 1. The van der Waals surface area contributed by atoms with Gasteiger partial charge in [-0.05, 0) is 24.6 Å². The van der Waals surface area contributed by atoms with Gasteiger partial charge in [0.2, 0.25) is 0 Å². The molecule has 0 aliphatic carbocycles. The third-order valence-corrected chi connectivity index (χ3v) is 3.18. The van der Waals surface area contributed by atoms with Crippen molar-refractivity contribution in [2.75, 3.05) is 0 Å².